The van der Waals surface area contributed by atoms with E-state index in [1.165, 1.54) is 0 Å². The van der Waals surface area contributed by atoms with Crippen LogP contribution < -0.4 is 31.1 Å². The highest BCUT2D eigenvalue weighted by atomic mass is 16.2. The minimum atomic E-state index is -1.29. The molecule has 4 aromatic rings. The number of nitrogens with one attached hydrogen (secondary N) is 4. The number of para-hydroxylation sites is 2. The molecule has 2 aliphatic rings. The molecule has 10 nitrogen and oxygen atoms in total. The van der Waals surface area contributed by atoms with Crippen LogP contribution in [0.3, 0.4) is 0 Å². The Kier molecular flexibility index (Phi) is 6.81. The second-order valence-corrected chi connectivity index (χ2v) is 10.9. The van der Waals surface area contributed by atoms with Crippen molar-refractivity contribution < 1.29 is 19.2 Å². The van der Waals surface area contributed by atoms with Crippen LogP contribution in [0.4, 0.5) is 32.3 Å². The van der Waals surface area contributed by atoms with Gasteiger partial charge in [0.05, 0.1) is 11.4 Å². The summed E-state index contributed by atoms with van der Waals surface area (Å²) in [6.45, 7) is 3.29. The Balaban J connectivity index is 1.08. The standard InChI is InChI=1S/C33H30N6O4/c1-32(28(40)38(30(42)36-32)26-9-5-3-6-10-26)34-24-17-13-22(14-18-24)21-23-15-19-25(20-16-23)35-33(2)29(41)39(31(43)37-33)27-11-7-4-8-12-27/h3-20,34-35H,21H2,1-2H3,(H,36,42)(H,37,43). The first-order valence-electron chi connectivity index (χ1n) is 13.8. The monoisotopic (exact) mass is 574 g/mol. The zero-order valence-electron chi connectivity index (χ0n) is 23.6. The molecule has 10 heteroatoms. The van der Waals surface area contributed by atoms with Crippen molar-refractivity contribution in [3.63, 3.8) is 0 Å². The largest absolute Gasteiger partial charge is 0.355 e. The number of carbonyl (C=O) groups is 4. The van der Waals surface area contributed by atoms with E-state index in [0.717, 1.165) is 20.9 Å². The number of amides is 6. The van der Waals surface area contributed by atoms with Gasteiger partial charge in [-0.15, -0.1) is 0 Å². The van der Waals surface area contributed by atoms with Gasteiger partial charge in [0.25, 0.3) is 11.8 Å². The number of rotatable bonds is 8. The van der Waals surface area contributed by atoms with Gasteiger partial charge in [0, 0.05) is 11.4 Å². The van der Waals surface area contributed by atoms with E-state index in [0.29, 0.717) is 29.2 Å². The fourth-order valence-electron chi connectivity index (χ4n) is 5.30. The number of carbonyl (C=O) groups excluding carboxylic acids is 4. The molecule has 0 saturated carbocycles. The zero-order valence-corrected chi connectivity index (χ0v) is 23.6. The van der Waals surface area contributed by atoms with Crippen LogP contribution in [0.15, 0.2) is 109 Å². The van der Waals surface area contributed by atoms with Crippen molar-refractivity contribution in [2.24, 2.45) is 0 Å². The number of hydrogen-bond donors (Lipinski definition) is 4. The lowest BCUT2D eigenvalue weighted by atomic mass is 10.0. The van der Waals surface area contributed by atoms with E-state index in [1.54, 1.807) is 62.4 Å². The smallest absolute Gasteiger partial charge is 0.331 e. The average molecular weight is 575 g/mol. The van der Waals surface area contributed by atoms with Crippen LogP contribution in [0.1, 0.15) is 25.0 Å². The maximum absolute atomic E-state index is 13.2. The van der Waals surface area contributed by atoms with E-state index < -0.39 is 23.4 Å². The number of hydrogen-bond acceptors (Lipinski definition) is 6. The third-order valence-corrected chi connectivity index (χ3v) is 7.52. The van der Waals surface area contributed by atoms with Crippen molar-refractivity contribution in [3.8, 4) is 0 Å². The Morgan fingerprint density at radius 1 is 0.535 bits per heavy atom. The van der Waals surface area contributed by atoms with Gasteiger partial charge < -0.3 is 21.3 Å². The second-order valence-electron chi connectivity index (χ2n) is 10.9. The van der Waals surface area contributed by atoms with E-state index in [-0.39, 0.29) is 11.8 Å². The molecular weight excluding hydrogens is 544 g/mol. The summed E-state index contributed by atoms with van der Waals surface area (Å²) < 4.78 is 0. The van der Waals surface area contributed by atoms with Gasteiger partial charge in [-0.05, 0) is 79.9 Å². The third kappa shape index (κ3) is 5.26. The first-order valence-corrected chi connectivity index (χ1v) is 13.8. The molecule has 0 spiro atoms. The molecule has 216 valence electrons. The van der Waals surface area contributed by atoms with Crippen molar-refractivity contribution in [1.82, 2.24) is 10.6 Å². The summed E-state index contributed by atoms with van der Waals surface area (Å²) in [5.74, 6) is -0.774. The average Bonchev–Trinajstić information content (AvgIpc) is 3.36. The summed E-state index contributed by atoms with van der Waals surface area (Å²) in [6.07, 6.45) is 0.657. The topological polar surface area (TPSA) is 123 Å². The third-order valence-electron chi connectivity index (χ3n) is 7.52. The zero-order chi connectivity index (χ0) is 30.2. The Labute approximate surface area is 248 Å². The van der Waals surface area contributed by atoms with Gasteiger partial charge in [0.1, 0.15) is 0 Å². The molecule has 4 aromatic carbocycles. The lowest BCUT2D eigenvalue weighted by Crippen LogP contribution is -2.51. The van der Waals surface area contributed by atoms with Crippen molar-refractivity contribution in [1.29, 1.82) is 0 Å². The predicted molar refractivity (Wildman–Crippen MR) is 165 cm³/mol. The van der Waals surface area contributed by atoms with Crippen LogP contribution in [0.2, 0.25) is 0 Å². The highest BCUT2D eigenvalue weighted by Crippen LogP contribution is 2.28. The molecule has 2 unspecified atom stereocenters. The Morgan fingerprint density at radius 2 is 0.884 bits per heavy atom. The molecule has 2 heterocycles. The maximum Gasteiger partial charge on any atom is 0.331 e. The molecule has 2 atom stereocenters. The van der Waals surface area contributed by atoms with Gasteiger partial charge in [-0.1, -0.05) is 60.7 Å². The van der Waals surface area contributed by atoms with E-state index in [2.05, 4.69) is 21.3 Å². The van der Waals surface area contributed by atoms with Gasteiger partial charge in [-0.3, -0.25) is 9.59 Å². The van der Waals surface area contributed by atoms with Crippen molar-refractivity contribution >= 4 is 46.6 Å². The van der Waals surface area contributed by atoms with E-state index >= 15 is 0 Å². The minimum Gasteiger partial charge on any atom is -0.355 e. The molecule has 6 rings (SSSR count). The molecule has 2 saturated heterocycles. The summed E-state index contributed by atoms with van der Waals surface area (Å²) in [5, 5.41) is 11.8. The first-order chi connectivity index (χ1) is 20.6. The maximum atomic E-state index is 13.2. The Hall–Kier alpha value is -5.64. The second kappa shape index (κ2) is 10.6. The highest BCUT2D eigenvalue weighted by molar-refractivity contribution is 6.24. The van der Waals surface area contributed by atoms with Crippen molar-refractivity contribution in [3.05, 3.63) is 120 Å². The van der Waals surface area contributed by atoms with E-state index in [1.807, 2.05) is 60.7 Å². The summed E-state index contributed by atoms with van der Waals surface area (Å²) in [4.78, 5) is 53.8. The lowest BCUT2D eigenvalue weighted by molar-refractivity contribution is -0.121. The summed E-state index contributed by atoms with van der Waals surface area (Å²) >= 11 is 0. The number of urea groups is 2. The summed E-state index contributed by atoms with van der Waals surface area (Å²) in [6, 6.07) is 32.0. The number of nitrogens with zero attached hydrogens (tertiary/aromatic N) is 2. The van der Waals surface area contributed by atoms with Crippen LogP contribution >= 0.6 is 0 Å². The summed E-state index contributed by atoms with van der Waals surface area (Å²) in [7, 11) is 0. The van der Waals surface area contributed by atoms with Crippen LogP contribution in [-0.2, 0) is 16.0 Å². The van der Waals surface area contributed by atoms with Gasteiger partial charge >= 0.3 is 12.1 Å². The van der Waals surface area contributed by atoms with Crippen LogP contribution in [-0.4, -0.2) is 35.2 Å². The Bertz CT molecular complexity index is 1570. The predicted octanol–water partition coefficient (Wildman–Crippen LogP) is 5.05. The van der Waals surface area contributed by atoms with Crippen LogP contribution in [0.5, 0.6) is 0 Å². The van der Waals surface area contributed by atoms with Gasteiger partial charge in [-0.25, -0.2) is 19.4 Å². The molecule has 0 aromatic heterocycles. The van der Waals surface area contributed by atoms with Gasteiger partial charge in [0.2, 0.25) is 0 Å². The molecule has 43 heavy (non-hydrogen) atoms. The van der Waals surface area contributed by atoms with Gasteiger partial charge in [0.15, 0.2) is 11.3 Å². The number of anilines is 4. The molecule has 4 N–H and O–H groups in total. The molecule has 0 radical (unpaired) electrons. The fraction of sp³-hybridized carbons (Fsp3) is 0.152. The first kappa shape index (κ1) is 27.5. The molecular formula is C33H30N6O4. The Morgan fingerprint density at radius 3 is 1.23 bits per heavy atom. The van der Waals surface area contributed by atoms with Crippen LogP contribution in [0.25, 0.3) is 0 Å². The van der Waals surface area contributed by atoms with E-state index in [9.17, 15) is 19.2 Å². The SMILES string of the molecule is CC1(Nc2ccc(Cc3ccc(NC4(C)NC(=O)N(c5ccccc5)C4=O)cc3)cc2)NC(=O)N(c2ccccc2)C1=O. The fourth-order valence-corrected chi connectivity index (χ4v) is 5.30. The van der Waals surface area contributed by atoms with Crippen molar-refractivity contribution in [2.45, 2.75) is 31.6 Å². The molecule has 0 aliphatic carbocycles. The van der Waals surface area contributed by atoms with Crippen LogP contribution in [0, 0.1) is 0 Å². The molecule has 2 aliphatic heterocycles. The molecule has 6 amide bonds. The lowest BCUT2D eigenvalue weighted by Gasteiger charge is -2.25. The highest BCUT2D eigenvalue weighted by Gasteiger charge is 2.49. The summed E-state index contributed by atoms with van der Waals surface area (Å²) in [5.41, 5.74) is 1.93. The quantitative estimate of drug-likeness (QED) is 0.219. The number of imide groups is 2. The van der Waals surface area contributed by atoms with Crippen molar-refractivity contribution in [2.75, 3.05) is 20.4 Å². The molecule has 2 fully saturated rings. The molecule has 0 bridgehead atoms. The van der Waals surface area contributed by atoms with E-state index in [4.69, 9.17) is 0 Å². The number of benzene rings is 4. The van der Waals surface area contributed by atoms with Gasteiger partial charge in [-0.2, -0.15) is 0 Å². The normalized spacial score (nSPS) is 21.5. The minimum absolute atomic E-state index is 0.387.